The third-order valence-electron chi connectivity index (χ3n) is 3.87. The first-order valence-corrected chi connectivity index (χ1v) is 12.8. The molecule has 0 saturated heterocycles. The van der Waals surface area contributed by atoms with Gasteiger partial charge in [0.1, 0.15) is 0 Å². The van der Waals surface area contributed by atoms with Crippen LogP contribution in [0.5, 0.6) is 0 Å². The van der Waals surface area contributed by atoms with E-state index >= 15 is 0 Å². The van der Waals surface area contributed by atoms with E-state index < -0.39 is 10.1 Å². The van der Waals surface area contributed by atoms with Gasteiger partial charge in [0.15, 0.2) is 0 Å². The van der Waals surface area contributed by atoms with E-state index in [0.29, 0.717) is 85.9 Å². The SMILES string of the molecule is CS(=O)(=O)OCCOCCOCCOCCOCCOCCOCCOCc1ccccc1. The quantitative estimate of drug-likeness (QED) is 0.154. The summed E-state index contributed by atoms with van der Waals surface area (Å²) in [5.74, 6) is 0. The standard InChI is InChI=1S/C22H38O10S/c1-33(23,24)32-20-19-30-16-15-28-12-11-26-8-7-25-9-10-27-13-14-29-17-18-31-21-22-5-3-2-4-6-22/h2-6H,7-21H2,1H3. The highest BCUT2D eigenvalue weighted by molar-refractivity contribution is 7.85. The summed E-state index contributed by atoms with van der Waals surface area (Å²) in [5, 5.41) is 0. The summed E-state index contributed by atoms with van der Waals surface area (Å²) in [6.07, 6.45) is 0.999. The maximum atomic E-state index is 10.7. The topological polar surface area (TPSA) is 108 Å². The number of rotatable bonds is 24. The van der Waals surface area contributed by atoms with Crippen LogP contribution in [0.2, 0.25) is 0 Å². The zero-order chi connectivity index (χ0) is 23.9. The van der Waals surface area contributed by atoms with Gasteiger partial charge in [-0.1, -0.05) is 30.3 Å². The van der Waals surface area contributed by atoms with E-state index in [1.807, 2.05) is 30.3 Å². The normalized spacial score (nSPS) is 11.8. The molecule has 0 heterocycles. The molecule has 0 aliphatic rings. The van der Waals surface area contributed by atoms with Gasteiger partial charge in [-0.15, -0.1) is 0 Å². The fourth-order valence-corrected chi connectivity index (χ4v) is 2.70. The van der Waals surface area contributed by atoms with Gasteiger partial charge < -0.3 is 33.2 Å². The summed E-state index contributed by atoms with van der Waals surface area (Å²) < 4.78 is 63.7. The third-order valence-corrected chi connectivity index (χ3v) is 4.46. The summed E-state index contributed by atoms with van der Waals surface area (Å²) in [7, 11) is -3.41. The molecule has 0 bridgehead atoms. The van der Waals surface area contributed by atoms with Gasteiger partial charge >= 0.3 is 0 Å². The fourth-order valence-electron chi connectivity index (χ4n) is 2.33. The predicted molar refractivity (Wildman–Crippen MR) is 122 cm³/mol. The Balaban J connectivity index is 1.67. The van der Waals surface area contributed by atoms with Crippen LogP contribution in [0.25, 0.3) is 0 Å². The summed E-state index contributed by atoms with van der Waals surface area (Å²) in [5.41, 5.74) is 1.15. The summed E-state index contributed by atoms with van der Waals surface area (Å²) in [6.45, 7) is 6.59. The zero-order valence-electron chi connectivity index (χ0n) is 19.5. The molecule has 1 aromatic carbocycles. The van der Waals surface area contributed by atoms with Gasteiger partial charge in [-0.05, 0) is 5.56 Å². The molecule has 0 spiro atoms. The second-order valence-corrected chi connectivity index (χ2v) is 8.38. The first-order valence-electron chi connectivity index (χ1n) is 11.0. The second-order valence-electron chi connectivity index (χ2n) is 6.74. The maximum absolute atomic E-state index is 10.7. The van der Waals surface area contributed by atoms with E-state index in [1.165, 1.54) is 0 Å². The van der Waals surface area contributed by atoms with Crippen LogP contribution in [0.3, 0.4) is 0 Å². The molecule has 11 heteroatoms. The van der Waals surface area contributed by atoms with Gasteiger partial charge in [0.05, 0.1) is 105 Å². The maximum Gasteiger partial charge on any atom is 0.264 e. The predicted octanol–water partition coefficient (Wildman–Crippen LogP) is 1.28. The van der Waals surface area contributed by atoms with Gasteiger partial charge in [-0.3, -0.25) is 4.18 Å². The molecule has 0 radical (unpaired) electrons. The van der Waals surface area contributed by atoms with Crippen molar-refractivity contribution in [3.63, 3.8) is 0 Å². The molecule has 0 aliphatic heterocycles. The Morgan fingerprint density at radius 3 is 1.21 bits per heavy atom. The van der Waals surface area contributed by atoms with Crippen LogP contribution in [-0.4, -0.2) is 107 Å². The van der Waals surface area contributed by atoms with Crippen molar-refractivity contribution in [1.82, 2.24) is 0 Å². The van der Waals surface area contributed by atoms with Gasteiger partial charge in [-0.2, -0.15) is 8.42 Å². The van der Waals surface area contributed by atoms with Crippen LogP contribution in [0, 0.1) is 0 Å². The van der Waals surface area contributed by atoms with Gasteiger partial charge in [0, 0.05) is 0 Å². The van der Waals surface area contributed by atoms with Crippen molar-refractivity contribution >= 4 is 10.1 Å². The first kappa shape index (κ1) is 29.9. The Morgan fingerprint density at radius 1 is 0.515 bits per heavy atom. The van der Waals surface area contributed by atoms with Gasteiger partial charge in [0.2, 0.25) is 0 Å². The summed E-state index contributed by atoms with van der Waals surface area (Å²) in [4.78, 5) is 0. The third kappa shape index (κ3) is 22.4. The lowest BCUT2D eigenvalue weighted by Crippen LogP contribution is -2.15. The van der Waals surface area contributed by atoms with Crippen LogP contribution in [0.4, 0.5) is 0 Å². The highest BCUT2D eigenvalue weighted by Gasteiger charge is 2.00. The van der Waals surface area contributed by atoms with Crippen LogP contribution in [0.1, 0.15) is 5.56 Å². The van der Waals surface area contributed by atoms with Crippen molar-refractivity contribution in [3.05, 3.63) is 35.9 Å². The molecule has 192 valence electrons. The van der Waals surface area contributed by atoms with Crippen molar-refractivity contribution in [2.75, 3.05) is 98.8 Å². The minimum Gasteiger partial charge on any atom is -0.377 e. The zero-order valence-corrected chi connectivity index (χ0v) is 20.3. The van der Waals surface area contributed by atoms with Crippen LogP contribution in [0.15, 0.2) is 30.3 Å². The molecule has 0 amide bonds. The largest absolute Gasteiger partial charge is 0.377 e. The lowest BCUT2D eigenvalue weighted by atomic mass is 10.2. The van der Waals surface area contributed by atoms with Crippen molar-refractivity contribution < 1.29 is 45.8 Å². The van der Waals surface area contributed by atoms with E-state index in [2.05, 4.69) is 4.18 Å². The minimum atomic E-state index is -3.41. The summed E-state index contributed by atoms with van der Waals surface area (Å²) in [6, 6.07) is 10.0. The Morgan fingerprint density at radius 2 is 0.848 bits per heavy atom. The molecule has 0 fully saturated rings. The number of benzene rings is 1. The number of hydrogen-bond acceptors (Lipinski definition) is 10. The average molecular weight is 495 g/mol. The molecule has 0 saturated carbocycles. The average Bonchev–Trinajstić information content (AvgIpc) is 2.79. The van der Waals surface area contributed by atoms with Crippen molar-refractivity contribution in [2.45, 2.75) is 6.61 Å². The van der Waals surface area contributed by atoms with E-state index in [1.54, 1.807) is 0 Å². The van der Waals surface area contributed by atoms with E-state index in [-0.39, 0.29) is 13.2 Å². The molecule has 0 atom stereocenters. The Hall–Kier alpha value is -1.15. The molecule has 0 aromatic heterocycles. The second kappa shape index (κ2) is 21.4. The lowest BCUT2D eigenvalue weighted by molar-refractivity contribution is -0.0217. The Bertz CT molecular complexity index is 642. The number of hydrogen-bond donors (Lipinski definition) is 0. The molecule has 10 nitrogen and oxygen atoms in total. The monoisotopic (exact) mass is 494 g/mol. The highest BCUT2D eigenvalue weighted by atomic mass is 32.2. The molecule has 0 unspecified atom stereocenters. The van der Waals surface area contributed by atoms with E-state index in [4.69, 9.17) is 33.2 Å². The first-order chi connectivity index (χ1) is 16.1. The van der Waals surface area contributed by atoms with Crippen LogP contribution in [-0.2, 0) is 54.1 Å². The molecule has 0 aliphatic carbocycles. The number of ether oxygens (including phenoxy) is 7. The molecule has 1 aromatic rings. The van der Waals surface area contributed by atoms with Crippen LogP contribution >= 0.6 is 0 Å². The molecular weight excluding hydrogens is 456 g/mol. The minimum absolute atomic E-state index is 0.00572. The van der Waals surface area contributed by atoms with E-state index in [9.17, 15) is 8.42 Å². The van der Waals surface area contributed by atoms with E-state index in [0.717, 1.165) is 11.8 Å². The van der Waals surface area contributed by atoms with Crippen LogP contribution < -0.4 is 0 Å². The Labute approximate surface area is 197 Å². The smallest absolute Gasteiger partial charge is 0.264 e. The molecule has 0 N–H and O–H groups in total. The Kier molecular flexibility index (Phi) is 19.4. The lowest BCUT2D eigenvalue weighted by Gasteiger charge is -2.08. The van der Waals surface area contributed by atoms with Gasteiger partial charge in [0.25, 0.3) is 10.1 Å². The molecule has 1 rings (SSSR count). The fraction of sp³-hybridized carbons (Fsp3) is 0.727. The van der Waals surface area contributed by atoms with Crippen molar-refractivity contribution in [2.24, 2.45) is 0 Å². The van der Waals surface area contributed by atoms with Gasteiger partial charge in [-0.25, -0.2) is 0 Å². The highest BCUT2D eigenvalue weighted by Crippen LogP contribution is 2.00. The molecule has 33 heavy (non-hydrogen) atoms. The summed E-state index contributed by atoms with van der Waals surface area (Å²) >= 11 is 0. The van der Waals surface area contributed by atoms with Crippen molar-refractivity contribution in [3.8, 4) is 0 Å². The van der Waals surface area contributed by atoms with Crippen molar-refractivity contribution in [1.29, 1.82) is 0 Å². The molecular formula is C22H38O10S.